The highest BCUT2D eigenvalue weighted by Gasteiger charge is 2.18. The van der Waals surface area contributed by atoms with E-state index in [1.165, 1.54) is 12.1 Å². The smallest absolute Gasteiger partial charge is 0.254 e. The Bertz CT molecular complexity index is 745. The van der Waals surface area contributed by atoms with Crippen molar-refractivity contribution in [1.29, 1.82) is 0 Å². The SMILES string of the molecule is Oc1ccc[n+](Cc2ccccc2)c1-c1ccc(F)cc1.[Br-]. The van der Waals surface area contributed by atoms with E-state index in [2.05, 4.69) is 0 Å². The van der Waals surface area contributed by atoms with Crippen LogP contribution in [0.2, 0.25) is 0 Å². The van der Waals surface area contributed by atoms with Gasteiger partial charge in [0.2, 0.25) is 0 Å². The molecule has 2 aromatic carbocycles. The molecule has 3 aromatic rings. The largest absolute Gasteiger partial charge is 1.00 e. The van der Waals surface area contributed by atoms with E-state index in [4.69, 9.17) is 0 Å². The van der Waals surface area contributed by atoms with Crippen molar-refractivity contribution < 1.29 is 31.0 Å². The first-order chi connectivity index (χ1) is 10.2. The van der Waals surface area contributed by atoms with E-state index in [1.54, 1.807) is 24.3 Å². The summed E-state index contributed by atoms with van der Waals surface area (Å²) in [6.07, 6.45) is 1.91. The fourth-order valence-electron chi connectivity index (χ4n) is 2.37. The van der Waals surface area contributed by atoms with E-state index in [1.807, 2.05) is 41.1 Å². The first-order valence-electron chi connectivity index (χ1n) is 6.75. The summed E-state index contributed by atoms with van der Waals surface area (Å²) in [6.45, 7) is 0.641. The second-order valence-corrected chi connectivity index (χ2v) is 4.86. The average molecular weight is 360 g/mol. The maximum Gasteiger partial charge on any atom is 0.254 e. The van der Waals surface area contributed by atoms with Crippen LogP contribution < -0.4 is 21.5 Å². The van der Waals surface area contributed by atoms with Crippen LogP contribution in [0.5, 0.6) is 5.75 Å². The molecule has 0 unspecified atom stereocenters. The zero-order valence-corrected chi connectivity index (χ0v) is 13.4. The Labute approximate surface area is 139 Å². The number of hydrogen-bond acceptors (Lipinski definition) is 1. The molecule has 0 amide bonds. The minimum Gasteiger partial charge on any atom is -1.00 e. The number of nitrogens with zero attached hydrogens (tertiary/aromatic N) is 1. The van der Waals surface area contributed by atoms with E-state index >= 15 is 0 Å². The summed E-state index contributed by atoms with van der Waals surface area (Å²) in [4.78, 5) is 0. The normalized spacial score (nSPS) is 10.0. The van der Waals surface area contributed by atoms with Crippen LogP contribution in [0.15, 0.2) is 72.9 Å². The highest BCUT2D eigenvalue weighted by atomic mass is 79.9. The molecule has 0 atom stereocenters. The minimum atomic E-state index is -0.288. The molecule has 0 aliphatic rings. The van der Waals surface area contributed by atoms with Crippen molar-refractivity contribution in [2.45, 2.75) is 6.54 Å². The van der Waals surface area contributed by atoms with Crippen LogP contribution in [0.4, 0.5) is 4.39 Å². The average Bonchev–Trinajstić information content (AvgIpc) is 2.50. The van der Waals surface area contributed by atoms with Gasteiger partial charge in [-0.3, -0.25) is 0 Å². The summed E-state index contributed by atoms with van der Waals surface area (Å²) < 4.78 is 15.0. The van der Waals surface area contributed by atoms with Crippen LogP contribution in [0, 0.1) is 5.82 Å². The molecule has 1 heterocycles. The summed E-state index contributed by atoms with van der Waals surface area (Å²) in [5.41, 5.74) is 2.60. The summed E-state index contributed by atoms with van der Waals surface area (Å²) in [5.74, 6) is -0.108. The van der Waals surface area contributed by atoms with E-state index in [0.29, 0.717) is 12.2 Å². The predicted octanol–water partition coefficient (Wildman–Crippen LogP) is 0.538. The van der Waals surface area contributed by atoms with Crippen LogP contribution in [0.1, 0.15) is 5.56 Å². The minimum absolute atomic E-state index is 0. The fraction of sp³-hybridized carbons (Fsp3) is 0.0556. The van der Waals surface area contributed by atoms with Gasteiger partial charge in [-0.05, 0) is 30.3 Å². The van der Waals surface area contributed by atoms with Crippen LogP contribution >= 0.6 is 0 Å². The summed E-state index contributed by atoms with van der Waals surface area (Å²) in [7, 11) is 0. The molecule has 3 rings (SSSR count). The molecule has 1 N–H and O–H groups in total. The van der Waals surface area contributed by atoms with Gasteiger partial charge in [-0.25, -0.2) is 4.39 Å². The first-order valence-corrected chi connectivity index (χ1v) is 6.75. The standard InChI is InChI=1S/C18H14FNO.BrH/c19-16-10-8-15(9-11-16)18-17(21)7-4-12-20(18)13-14-5-2-1-3-6-14;/h1-12H,13H2;1H. The maximum absolute atomic E-state index is 13.1. The molecule has 0 aliphatic carbocycles. The van der Waals surface area contributed by atoms with Crippen molar-refractivity contribution in [2.75, 3.05) is 0 Å². The Morgan fingerprint density at radius 1 is 0.864 bits per heavy atom. The van der Waals surface area contributed by atoms with Crippen LogP contribution in [-0.4, -0.2) is 5.11 Å². The second-order valence-electron chi connectivity index (χ2n) is 4.86. The monoisotopic (exact) mass is 359 g/mol. The van der Waals surface area contributed by atoms with Gasteiger partial charge in [0.1, 0.15) is 5.82 Å². The lowest BCUT2D eigenvalue weighted by atomic mass is 10.1. The topological polar surface area (TPSA) is 24.1 Å². The highest BCUT2D eigenvalue weighted by molar-refractivity contribution is 5.62. The van der Waals surface area contributed by atoms with Crippen LogP contribution in [0.3, 0.4) is 0 Å². The molecule has 0 fully saturated rings. The molecule has 0 spiro atoms. The lowest BCUT2D eigenvalue weighted by Gasteiger charge is -2.06. The van der Waals surface area contributed by atoms with E-state index in [9.17, 15) is 9.50 Å². The molecule has 0 aliphatic heterocycles. The molecular formula is C18H15BrFNO. The summed E-state index contributed by atoms with van der Waals surface area (Å²) in [5, 5.41) is 10.2. The zero-order chi connectivity index (χ0) is 14.7. The summed E-state index contributed by atoms with van der Waals surface area (Å²) >= 11 is 0. The molecule has 4 heteroatoms. The fourth-order valence-corrected chi connectivity index (χ4v) is 2.37. The number of aromatic nitrogens is 1. The van der Waals surface area contributed by atoms with Gasteiger partial charge in [0.05, 0.1) is 5.56 Å². The van der Waals surface area contributed by atoms with Gasteiger partial charge in [0.25, 0.3) is 5.69 Å². The van der Waals surface area contributed by atoms with Gasteiger partial charge in [-0.1, -0.05) is 30.3 Å². The molecular weight excluding hydrogens is 345 g/mol. The van der Waals surface area contributed by atoms with Crippen molar-refractivity contribution >= 4 is 0 Å². The first kappa shape index (κ1) is 16.2. The molecule has 0 radical (unpaired) electrons. The van der Waals surface area contributed by atoms with E-state index < -0.39 is 0 Å². The van der Waals surface area contributed by atoms with Crippen molar-refractivity contribution in [3.63, 3.8) is 0 Å². The Hall–Kier alpha value is -2.20. The number of aromatic hydroxyl groups is 1. The number of hydrogen-bond donors (Lipinski definition) is 1. The Kier molecular flexibility index (Phi) is 5.28. The van der Waals surface area contributed by atoms with Gasteiger partial charge in [-0.2, -0.15) is 4.57 Å². The van der Waals surface area contributed by atoms with Crippen LogP contribution in [-0.2, 0) is 6.54 Å². The highest BCUT2D eigenvalue weighted by Crippen LogP contribution is 2.25. The molecule has 0 bridgehead atoms. The quantitative estimate of drug-likeness (QED) is 0.678. The zero-order valence-electron chi connectivity index (χ0n) is 11.8. The van der Waals surface area contributed by atoms with Crippen molar-refractivity contribution in [2.24, 2.45) is 0 Å². The van der Waals surface area contributed by atoms with Gasteiger partial charge in [0, 0.05) is 11.6 Å². The second kappa shape index (κ2) is 7.18. The number of pyridine rings is 1. The Balaban J connectivity index is 0.00000176. The van der Waals surface area contributed by atoms with E-state index in [0.717, 1.165) is 11.1 Å². The Morgan fingerprint density at radius 3 is 2.23 bits per heavy atom. The lowest BCUT2D eigenvalue weighted by Crippen LogP contribution is -3.00. The number of halogens is 2. The molecule has 0 saturated heterocycles. The van der Waals surface area contributed by atoms with Crippen molar-refractivity contribution in [3.8, 4) is 17.0 Å². The Morgan fingerprint density at radius 2 is 1.55 bits per heavy atom. The predicted molar refractivity (Wildman–Crippen MR) is 79.2 cm³/mol. The number of rotatable bonds is 3. The van der Waals surface area contributed by atoms with Crippen molar-refractivity contribution in [3.05, 3.63) is 84.3 Å². The van der Waals surface area contributed by atoms with Gasteiger partial charge in [-0.15, -0.1) is 0 Å². The summed E-state index contributed by atoms with van der Waals surface area (Å²) in [6, 6.07) is 19.6. The third-order valence-electron chi connectivity index (χ3n) is 3.36. The molecule has 1 aromatic heterocycles. The van der Waals surface area contributed by atoms with Gasteiger partial charge >= 0.3 is 0 Å². The van der Waals surface area contributed by atoms with Crippen molar-refractivity contribution in [1.82, 2.24) is 0 Å². The van der Waals surface area contributed by atoms with Gasteiger partial charge < -0.3 is 22.1 Å². The maximum atomic E-state index is 13.1. The third kappa shape index (κ3) is 3.52. The molecule has 112 valence electrons. The molecule has 2 nitrogen and oxygen atoms in total. The lowest BCUT2D eigenvalue weighted by molar-refractivity contribution is -0.677. The van der Waals surface area contributed by atoms with E-state index in [-0.39, 0.29) is 28.5 Å². The van der Waals surface area contributed by atoms with Crippen LogP contribution in [0.25, 0.3) is 11.3 Å². The van der Waals surface area contributed by atoms with Gasteiger partial charge in [0.15, 0.2) is 18.5 Å². The third-order valence-corrected chi connectivity index (χ3v) is 3.36. The number of benzene rings is 2. The molecule has 22 heavy (non-hydrogen) atoms. The molecule has 0 saturated carbocycles.